The van der Waals surface area contributed by atoms with E-state index in [2.05, 4.69) is 0 Å². The Labute approximate surface area is 156 Å². The molecule has 3 aliphatic rings. The number of piperidine rings is 1. The first-order valence-corrected chi connectivity index (χ1v) is 9.51. The number of Topliss-reactive ketones (excluding diaryl/α,β-unsaturated/α-hetero) is 1. The molecule has 2 heterocycles. The van der Waals surface area contributed by atoms with Crippen molar-refractivity contribution >= 4 is 17.6 Å². The molecule has 144 valence electrons. The maximum atomic E-state index is 13.4. The largest absolute Gasteiger partial charge is 0.342 e. The monoisotopic (exact) mass is 376 g/mol. The number of halogens is 2. The van der Waals surface area contributed by atoms with Crippen LogP contribution in [0.3, 0.4) is 0 Å². The van der Waals surface area contributed by atoms with E-state index in [0.29, 0.717) is 38.5 Å². The van der Waals surface area contributed by atoms with E-state index in [1.165, 1.54) is 6.07 Å². The minimum atomic E-state index is -1.03. The van der Waals surface area contributed by atoms with E-state index in [-0.39, 0.29) is 41.4 Å². The maximum absolute atomic E-state index is 13.4. The van der Waals surface area contributed by atoms with Crippen LogP contribution in [0.1, 0.15) is 42.5 Å². The van der Waals surface area contributed by atoms with Crippen LogP contribution in [0.25, 0.3) is 0 Å². The topological polar surface area (TPSA) is 57.7 Å². The normalized spacial score (nSPS) is 23.8. The van der Waals surface area contributed by atoms with Crippen LogP contribution in [-0.2, 0) is 9.59 Å². The molecule has 0 radical (unpaired) electrons. The average Bonchev–Trinajstić information content (AvgIpc) is 3.44. The second-order valence-corrected chi connectivity index (χ2v) is 7.77. The van der Waals surface area contributed by atoms with Crippen LogP contribution < -0.4 is 0 Å². The van der Waals surface area contributed by atoms with Crippen LogP contribution in [0.2, 0.25) is 0 Å². The molecule has 0 aromatic heterocycles. The van der Waals surface area contributed by atoms with E-state index in [0.717, 1.165) is 25.0 Å². The zero-order chi connectivity index (χ0) is 19.1. The Balaban J connectivity index is 1.33. The fourth-order valence-corrected chi connectivity index (χ4v) is 4.14. The van der Waals surface area contributed by atoms with Gasteiger partial charge in [-0.05, 0) is 43.9 Å². The summed E-state index contributed by atoms with van der Waals surface area (Å²) in [5, 5.41) is 0. The molecule has 2 aliphatic heterocycles. The molecule has 27 heavy (non-hydrogen) atoms. The summed E-state index contributed by atoms with van der Waals surface area (Å²) in [6, 6.07) is 3.53. The number of carbonyl (C=O) groups is 3. The van der Waals surface area contributed by atoms with Gasteiger partial charge in [-0.15, -0.1) is 0 Å². The van der Waals surface area contributed by atoms with Crippen LogP contribution in [0, 0.1) is 23.5 Å². The van der Waals surface area contributed by atoms with Gasteiger partial charge in [0.2, 0.25) is 11.8 Å². The van der Waals surface area contributed by atoms with Gasteiger partial charge < -0.3 is 9.80 Å². The Morgan fingerprint density at radius 1 is 0.963 bits per heavy atom. The Hall–Kier alpha value is -2.31. The number of ketones is 1. The van der Waals surface area contributed by atoms with E-state index in [1.54, 1.807) is 4.90 Å². The Morgan fingerprint density at radius 3 is 2.30 bits per heavy atom. The molecule has 2 amide bonds. The molecule has 1 aromatic carbocycles. The van der Waals surface area contributed by atoms with Crippen molar-refractivity contribution in [1.29, 1.82) is 0 Å². The summed E-state index contributed by atoms with van der Waals surface area (Å²) in [4.78, 5) is 40.9. The minimum Gasteiger partial charge on any atom is -0.342 e. The summed E-state index contributed by atoms with van der Waals surface area (Å²) in [6.07, 6.45) is 3.34. The highest BCUT2D eigenvalue weighted by Gasteiger charge is 2.43. The van der Waals surface area contributed by atoms with Gasteiger partial charge in [0.1, 0.15) is 0 Å². The van der Waals surface area contributed by atoms with Gasteiger partial charge in [0.25, 0.3) is 0 Å². The first kappa shape index (κ1) is 18.1. The molecule has 1 aliphatic carbocycles. The van der Waals surface area contributed by atoms with Gasteiger partial charge in [-0.2, -0.15) is 0 Å². The lowest BCUT2D eigenvalue weighted by atomic mass is 9.88. The molecular weight excluding hydrogens is 354 g/mol. The van der Waals surface area contributed by atoms with E-state index in [9.17, 15) is 23.2 Å². The van der Waals surface area contributed by atoms with Crippen molar-refractivity contribution in [3.05, 3.63) is 35.4 Å². The van der Waals surface area contributed by atoms with Gasteiger partial charge in [0.15, 0.2) is 17.4 Å². The van der Waals surface area contributed by atoms with Crippen molar-refractivity contribution in [1.82, 2.24) is 9.80 Å². The number of hydrogen-bond donors (Lipinski definition) is 0. The lowest BCUT2D eigenvalue weighted by Crippen LogP contribution is -2.43. The molecule has 3 fully saturated rings. The van der Waals surface area contributed by atoms with Crippen molar-refractivity contribution < 1.29 is 23.2 Å². The molecule has 2 saturated heterocycles. The van der Waals surface area contributed by atoms with E-state index in [1.807, 2.05) is 4.90 Å². The van der Waals surface area contributed by atoms with Gasteiger partial charge in [-0.1, -0.05) is 0 Å². The van der Waals surface area contributed by atoms with Crippen LogP contribution in [0.5, 0.6) is 0 Å². The zero-order valence-corrected chi connectivity index (χ0v) is 15.0. The number of hydrogen-bond acceptors (Lipinski definition) is 3. The smallest absolute Gasteiger partial charge is 0.227 e. The average molecular weight is 376 g/mol. The standard InChI is InChI=1S/C20H22F2N2O3/c21-16-4-1-13(9-17(16)22)19(26)12-5-7-23(8-6-12)20(27)14-10-18(25)24(11-14)15-2-3-15/h1,4,9,12,14-15H,2-3,5-8,10-11H2. The third-order valence-electron chi connectivity index (χ3n) is 5.88. The van der Waals surface area contributed by atoms with Crippen molar-refractivity contribution in [2.75, 3.05) is 19.6 Å². The predicted molar refractivity (Wildman–Crippen MR) is 92.8 cm³/mol. The van der Waals surface area contributed by atoms with Crippen LogP contribution in [0.15, 0.2) is 18.2 Å². The number of nitrogens with zero attached hydrogens (tertiary/aromatic N) is 2. The molecule has 0 N–H and O–H groups in total. The van der Waals surface area contributed by atoms with Crippen molar-refractivity contribution in [2.24, 2.45) is 11.8 Å². The number of carbonyl (C=O) groups excluding carboxylic acids is 3. The molecule has 4 rings (SSSR count). The summed E-state index contributed by atoms with van der Waals surface area (Å²) < 4.78 is 26.4. The summed E-state index contributed by atoms with van der Waals surface area (Å²) >= 11 is 0. The third-order valence-corrected chi connectivity index (χ3v) is 5.88. The lowest BCUT2D eigenvalue weighted by molar-refractivity contribution is -0.137. The van der Waals surface area contributed by atoms with Gasteiger partial charge >= 0.3 is 0 Å². The van der Waals surface area contributed by atoms with Gasteiger partial charge in [0, 0.05) is 43.6 Å². The van der Waals surface area contributed by atoms with Gasteiger partial charge in [-0.3, -0.25) is 14.4 Å². The highest BCUT2D eigenvalue weighted by atomic mass is 19.2. The third kappa shape index (κ3) is 3.59. The lowest BCUT2D eigenvalue weighted by Gasteiger charge is -2.33. The first-order valence-electron chi connectivity index (χ1n) is 9.51. The van der Waals surface area contributed by atoms with Crippen molar-refractivity contribution in [3.63, 3.8) is 0 Å². The molecular formula is C20H22F2N2O3. The Morgan fingerprint density at radius 2 is 1.67 bits per heavy atom. The number of benzene rings is 1. The quantitative estimate of drug-likeness (QED) is 0.759. The summed E-state index contributed by atoms with van der Waals surface area (Å²) in [7, 11) is 0. The zero-order valence-electron chi connectivity index (χ0n) is 15.0. The fraction of sp³-hybridized carbons (Fsp3) is 0.550. The minimum absolute atomic E-state index is 0.00905. The first-order chi connectivity index (χ1) is 12.9. The molecule has 1 atom stereocenters. The molecule has 7 heteroatoms. The Bertz CT molecular complexity index is 785. The van der Waals surface area contributed by atoms with Crippen LogP contribution in [0.4, 0.5) is 8.78 Å². The molecule has 1 saturated carbocycles. The highest BCUT2D eigenvalue weighted by Crippen LogP contribution is 2.33. The van der Waals surface area contributed by atoms with E-state index in [4.69, 9.17) is 0 Å². The maximum Gasteiger partial charge on any atom is 0.227 e. The molecule has 1 aromatic rings. The van der Waals surface area contributed by atoms with Crippen LogP contribution in [-0.4, -0.2) is 53.1 Å². The number of amides is 2. The predicted octanol–water partition coefficient (Wildman–Crippen LogP) is 2.40. The van der Waals surface area contributed by atoms with Crippen molar-refractivity contribution in [2.45, 2.75) is 38.1 Å². The summed E-state index contributed by atoms with van der Waals surface area (Å²) in [5.41, 5.74) is 0.167. The second kappa shape index (κ2) is 7.02. The summed E-state index contributed by atoms with van der Waals surface area (Å²) in [6.45, 7) is 1.41. The molecule has 0 bridgehead atoms. The molecule has 0 spiro atoms. The van der Waals surface area contributed by atoms with Gasteiger partial charge in [0.05, 0.1) is 5.92 Å². The Kier molecular flexibility index (Phi) is 4.70. The molecule has 1 unspecified atom stereocenters. The SMILES string of the molecule is O=C(c1ccc(F)c(F)c1)C1CCN(C(=O)C2CC(=O)N(C3CC3)C2)CC1. The van der Waals surface area contributed by atoms with E-state index >= 15 is 0 Å². The summed E-state index contributed by atoms with van der Waals surface area (Å²) in [5.74, 6) is -2.73. The fourth-order valence-electron chi connectivity index (χ4n) is 4.14. The molecule has 5 nitrogen and oxygen atoms in total. The number of rotatable bonds is 4. The van der Waals surface area contributed by atoms with Crippen LogP contribution >= 0.6 is 0 Å². The van der Waals surface area contributed by atoms with Crippen molar-refractivity contribution in [3.8, 4) is 0 Å². The second-order valence-electron chi connectivity index (χ2n) is 7.77. The van der Waals surface area contributed by atoms with Gasteiger partial charge in [-0.25, -0.2) is 8.78 Å². The number of likely N-dealkylation sites (tertiary alicyclic amines) is 2. The highest BCUT2D eigenvalue weighted by molar-refractivity contribution is 5.98. The van der Waals surface area contributed by atoms with E-state index < -0.39 is 11.6 Å².